The summed E-state index contributed by atoms with van der Waals surface area (Å²) in [5, 5.41) is 5.65. The van der Waals surface area contributed by atoms with Crippen LogP contribution < -0.4 is 16.4 Å². The first-order valence-corrected chi connectivity index (χ1v) is 10.8. The first-order valence-electron chi connectivity index (χ1n) is 8.54. The van der Waals surface area contributed by atoms with Crippen LogP contribution in [0.15, 0.2) is 17.6 Å². The number of thioether (sulfide) groups is 2. The molecule has 9 nitrogen and oxygen atoms in total. The molecule has 0 radical (unpaired) electrons. The molecule has 0 aromatic carbocycles. The standard InChI is InChI=1S/C16H26N8OS2/c1-11-13(22-9-20-11)7-26-5-3-18-16(24-15(17)25)19-4-6-27-8-14-12(2)21-10-23-14/h9-10H,3-8H2,1-2H3,(H,20,22)(H,21,23)(H4,17,18,19,24,25). The number of guanidine groups is 1. The molecule has 0 aliphatic heterocycles. The highest BCUT2D eigenvalue weighted by molar-refractivity contribution is 7.98. The zero-order valence-corrected chi connectivity index (χ0v) is 17.2. The molecule has 0 aliphatic carbocycles. The van der Waals surface area contributed by atoms with Crippen LogP contribution >= 0.6 is 23.5 Å². The number of H-pyrrole nitrogens is 2. The summed E-state index contributed by atoms with van der Waals surface area (Å²) in [5.41, 5.74) is 9.51. The van der Waals surface area contributed by atoms with Gasteiger partial charge in [0.05, 0.1) is 30.6 Å². The maximum absolute atomic E-state index is 11.1. The largest absolute Gasteiger partial charge is 0.355 e. The Kier molecular flexibility index (Phi) is 9.05. The Morgan fingerprint density at radius 1 is 1.11 bits per heavy atom. The Morgan fingerprint density at radius 3 is 2.22 bits per heavy atom. The Hall–Kier alpha value is -2.14. The van der Waals surface area contributed by atoms with Crippen molar-refractivity contribution in [3.05, 3.63) is 35.4 Å². The molecule has 6 N–H and O–H groups in total. The number of primary amides is 1. The van der Waals surface area contributed by atoms with Crippen molar-refractivity contribution in [2.75, 3.05) is 24.6 Å². The van der Waals surface area contributed by atoms with E-state index in [4.69, 9.17) is 5.73 Å². The average Bonchev–Trinajstić information content (AvgIpc) is 3.22. The van der Waals surface area contributed by atoms with E-state index in [-0.39, 0.29) is 0 Å². The molecule has 0 aliphatic rings. The molecule has 0 spiro atoms. The van der Waals surface area contributed by atoms with Gasteiger partial charge in [0, 0.05) is 40.9 Å². The van der Waals surface area contributed by atoms with Gasteiger partial charge < -0.3 is 21.0 Å². The zero-order chi connectivity index (χ0) is 19.5. The number of nitrogens with one attached hydrogen (secondary N) is 4. The molecule has 0 saturated heterocycles. The number of hydrogen-bond donors (Lipinski definition) is 5. The highest BCUT2D eigenvalue weighted by Crippen LogP contribution is 2.12. The minimum absolute atomic E-state index is 0.413. The summed E-state index contributed by atoms with van der Waals surface area (Å²) in [6, 6.07) is -0.624. The number of nitrogens with two attached hydrogens (primary N) is 1. The zero-order valence-electron chi connectivity index (χ0n) is 15.5. The summed E-state index contributed by atoms with van der Waals surface area (Å²) in [7, 11) is 0. The number of imidazole rings is 2. The highest BCUT2D eigenvalue weighted by atomic mass is 32.2. The lowest BCUT2D eigenvalue weighted by Crippen LogP contribution is -2.44. The molecule has 0 fully saturated rings. The molecule has 2 aromatic rings. The van der Waals surface area contributed by atoms with Gasteiger partial charge in [-0.05, 0) is 13.8 Å². The lowest BCUT2D eigenvalue weighted by atomic mass is 10.4. The molecule has 2 amide bonds. The number of aryl methyl sites for hydroxylation is 2. The van der Waals surface area contributed by atoms with Gasteiger partial charge in [-0.1, -0.05) is 0 Å². The molecule has 0 unspecified atom stereocenters. The quantitative estimate of drug-likeness (QED) is 0.229. The maximum Gasteiger partial charge on any atom is 0.318 e. The van der Waals surface area contributed by atoms with E-state index in [2.05, 4.69) is 35.6 Å². The Labute approximate surface area is 167 Å². The fourth-order valence-electron chi connectivity index (χ4n) is 2.12. The van der Waals surface area contributed by atoms with Crippen molar-refractivity contribution in [3.63, 3.8) is 0 Å². The number of carbonyl (C=O) groups is 1. The third kappa shape index (κ3) is 7.95. The van der Waals surface area contributed by atoms with Crippen LogP contribution in [-0.4, -0.2) is 56.5 Å². The Bertz CT molecular complexity index is 742. The van der Waals surface area contributed by atoms with Gasteiger partial charge in [-0.25, -0.2) is 14.8 Å². The molecular weight excluding hydrogens is 384 g/mol. The lowest BCUT2D eigenvalue weighted by Gasteiger charge is -2.10. The van der Waals surface area contributed by atoms with Gasteiger partial charge in [0.15, 0.2) is 5.96 Å². The van der Waals surface area contributed by atoms with Crippen molar-refractivity contribution in [2.45, 2.75) is 25.4 Å². The molecule has 2 aromatic heterocycles. The topological polar surface area (TPSA) is 137 Å². The normalized spacial score (nSPS) is 11.6. The number of carbonyl (C=O) groups excluding carboxylic acids is 1. The third-order valence-corrected chi connectivity index (χ3v) is 5.55. The van der Waals surface area contributed by atoms with Crippen molar-refractivity contribution in [2.24, 2.45) is 10.7 Å². The number of rotatable bonds is 10. The van der Waals surface area contributed by atoms with E-state index in [1.807, 2.05) is 13.8 Å². The fraction of sp³-hybridized carbons (Fsp3) is 0.500. The summed E-state index contributed by atoms with van der Waals surface area (Å²) in [5.74, 6) is 3.77. The number of amides is 2. The van der Waals surface area contributed by atoms with Crippen molar-refractivity contribution in [3.8, 4) is 0 Å². The van der Waals surface area contributed by atoms with E-state index in [9.17, 15) is 4.79 Å². The smallest absolute Gasteiger partial charge is 0.318 e. The van der Waals surface area contributed by atoms with Crippen LogP contribution in [0.2, 0.25) is 0 Å². The molecule has 0 saturated carbocycles. The van der Waals surface area contributed by atoms with Gasteiger partial charge in [-0.3, -0.25) is 10.3 Å². The minimum Gasteiger partial charge on any atom is -0.355 e. The lowest BCUT2D eigenvalue weighted by molar-refractivity contribution is 0.253. The Morgan fingerprint density at radius 2 is 1.70 bits per heavy atom. The van der Waals surface area contributed by atoms with Crippen LogP contribution in [0.3, 0.4) is 0 Å². The molecular formula is C16H26N8OS2. The van der Waals surface area contributed by atoms with E-state index in [0.717, 1.165) is 45.8 Å². The highest BCUT2D eigenvalue weighted by Gasteiger charge is 2.04. The number of aliphatic imine (C=N–C) groups is 1. The number of nitrogens with zero attached hydrogens (tertiary/aromatic N) is 3. The van der Waals surface area contributed by atoms with Crippen LogP contribution in [-0.2, 0) is 11.5 Å². The molecule has 0 bridgehead atoms. The molecule has 0 atom stereocenters. The van der Waals surface area contributed by atoms with Gasteiger partial charge in [-0.15, -0.1) is 0 Å². The number of aromatic nitrogens is 4. The second kappa shape index (κ2) is 11.5. The van der Waals surface area contributed by atoms with Crippen LogP contribution in [0.5, 0.6) is 0 Å². The Balaban J connectivity index is 1.65. The third-order valence-electron chi connectivity index (χ3n) is 3.63. The van der Waals surface area contributed by atoms with Crippen molar-refractivity contribution >= 4 is 35.5 Å². The van der Waals surface area contributed by atoms with E-state index in [1.54, 1.807) is 36.2 Å². The van der Waals surface area contributed by atoms with Gasteiger partial charge in [0.25, 0.3) is 0 Å². The van der Waals surface area contributed by atoms with E-state index in [1.165, 1.54) is 0 Å². The van der Waals surface area contributed by atoms with Gasteiger partial charge in [0.2, 0.25) is 0 Å². The summed E-state index contributed by atoms with van der Waals surface area (Å²) >= 11 is 3.50. The molecule has 27 heavy (non-hydrogen) atoms. The van der Waals surface area contributed by atoms with E-state index in [0.29, 0.717) is 19.0 Å². The fourth-order valence-corrected chi connectivity index (χ4v) is 3.85. The first kappa shape index (κ1) is 21.2. The molecule has 2 heterocycles. The summed E-state index contributed by atoms with van der Waals surface area (Å²) in [4.78, 5) is 30.2. The summed E-state index contributed by atoms with van der Waals surface area (Å²) < 4.78 is 0. The van der Waals surface area contributed by atoms with Crippen molar-refractivity contribution in [1.82, 2.24) is 30.6 Å². The monoisotopic (exact) mass is 410 g/mol. The van der Waals surface area contributed by atoms with Crippen LogP contribution in [0.25, 0.3) is 0 Å². The van der Waals surface area contributed by atoms with E-state index >= 15 is 0 Å². The van der Waals surface area contributed by atoms with Gasteiger partial charge >= 0.3 is 6.03 Å². The van der Waals surface area contributed by atoms with Crippen LogP contribution in [0.1, 0.15) is 22.8 Å². The molecule has 148 valence electrons. The number of hydrogen-bond acceptors (Lipinski definition) is 6. The number of urea groups is 1. The maximum atomic E-state index is 11.1. The minimum atomic E-state index is -0.624. The average molecular weight is 411 g/mol. The summed E-state index contributed by atoms with van der Waals surface area (Å²) in [6.45, 7) is 5.27. The summed E-state index contributed by atoms with van der Waals surface area (Å²) in [6.07, 6.45) is 3.41. The predicted molar refractivity (Wildman–Crippen MR) is 112 cm³/mol. The SMILES string of the molecule is Cc1[nH]cnc1CSCCN=C(NCCSCc1nc[nH]c1C)NC(N)=O. The predicted octanol–water partition coefficient (Wildman–Crippen LogP) is 1.53. The van der Waals surface area contributed by atoms with Crippen LogP contribution in [0, 0.1) is 13.8 Å². The van der Waals surface area contributed by atoms with E-state index < -0.39 is 6.03 Å². The second-order valence-electron chi connectivity index (χ2n) is 5.70. The first-order chi connectivity index (χ1) is 13.1. The van der Waals surface area contributed by atoms with Gasteiger partial charge in [-0.2, -0.15) is 23.5 Å². The molecule has 2 rings (SSSR count). The number of aromatic amines is 2. The molecule has 11 heteroatoms. The van der Waals surface area contributed by atoms with Crippen molar-refractivity contribution in [1.29, 1.82) is 0 Å². The van der Waals surface area contributed by atoms with Crippen molar-refractivity contribution < 1.29 is 4.79 Å². The van der Waals surface area contributed by atoms with Gasteiger partial charge in [0.1, 0.15) is 0 Å². The van der Waals surface area contributed by atoms with Crippen LogP contribution in [0.4, 0.5) is 4.79 Å². The second-order valence-corrected chi connectivity index (χ2v) is 7.91.